The second-order valence-corrected chi connectivity index (χ2v) is 4.29. The van der Waals surface area contributed by atoms with Crippen LogP contribution in [0.4, 0.5) is 0 Å². The van der Waals surface area contributed by atoms with E-state index in [9.17, 15) is 4.79 Å². The summed E-state index contributed by atoms with van der Waals surface area (Å²) < 4.78 is 10.3. The summed E-state index contributed by atoms with van der Waals surface area (Å²) in [5.74, 6) is 0.832. The lowest BCUT2D eigenvalue weighted by Crippen LogP contribution is -2.04. The number of hydrogen-bond donors (Lipinski definition) is 0. The molecule has 0 unspecified atom stereocenters. The van der Waals surface area contributed by atoms with Crippen molar-refractivity contribution >= 4 is 17.9 Å². The Morgan fingerprint density at radius 2 is 2.15 bits per heavy atom. The summed E-state index contributed by atoms with van der Waals surface area (Å²) in [4.78, 5) is 19.9. The van der Waals surface area contributed by atoms with Gasteiger partial charge in [-0.25, -0.2) is 9.79 Å². The number of pyridine rings is 1. The van der Waals surface area contributed by atoms with Crippen LogP contribution in [-0.2, 0) is 16.0 Å². The number of cyclic esters (lactones) is 1. The molecule has 0 bridgehead atoms. The Kier molecular flexibility index (Phi) is 3.41. The van der Waals surface area contributed by atoms with Crippen LogP contribution in [0.2, 0.25) is 0 Å². The fraction of sp³-hybridized carbons (Fsp3) is 0.133. The van der Waals surface area contributed by atoms with Crippen molar-refractivity contribution in [3.63, 3.8) is 0 Å². The fourth-order valence-corrected chi connectivity index (χ4v) is 1.86. The zero-order chi connectivity index (χ0) is 13.8. The molecule has 1 aliphatic rings. The summed E-state index contributed by atoms with van der Waals surface area (Å²) in [7, 11) is 0. The van der Waals surface area contributed by atoms with Crippen molar-refractivity contribution < 1.29 is 13.9 Å². The molecule has 5 heteroatoms. The topological polar surface area (TPSA) is 64.7 Å². The lowest BCUT2D eigenvalue weighted by molar-refractivity contribution is -0.130. The van der Waals surface area contributed by atoms with Crippen LogP contribution in [0.15, 0.2) is 58.0 Å². The molecule has 0 aliphatic carbocycles. The van der Waals surface area contributed by atoms with Crippen LogP contribution in [0.1, 0.15) is 17.7 Å². The van der Waals surface area contributed by atoms with Crippen LogP contribution in [0.5, 0.6) is 0 Å². The van der Waals surface area contributed by atoms with Gasteiger partial charge in [0.05, 0.1) is 6.26 Å². The smallest absolute Gasteiger partial charge is 0.363 e. The van der Waals surface area contributed by atoms with Gasteiger partial charge in [-0.15, -0.1) is 0 Å². The normalized spacial score (nSPS) is 16.3. The Bertz CT molecular complexity index is 658. The average molecular weight is 268 g/mol. The molecular weight excluding hydrogens is 256 g/mol. The maximum atomic E-state index is 11.7. The van der Waals surface area contributed by atoms with E-state index in [2.05, 4.69) is 9.98 Å². The van der Waals surface area contributed by atoms with Crippen LogP contribution in [-0.4, -0.2) is 16.9 Å². The van der Waals surface area contributed by atoms with E-state index < -0.39 is 5.97 Å². The summed E-state index contributed by atoms with van der Waals surface area (Å²) in [6.07, 6.45) is 7.80. The summed E-state index contributed by atoms with van der Waals surface area (Å²) in [5, 5.41) is 0. The molecule has 0 amide bonds. The number of carbonyl (C=O) groups excluding carboxylic acids is 1. The monoisotopic (exact) mass is 268 g/mol. The van der Waals surface area contributed by atoms with Crippen molar-refractivity contribution in [1.29, 1.82) is 0 Å². The van der Waals surface area contributed by atoms with Crippen LogP contribution in [0.25, 0.3) is 6.08 Å². The van der Waals surface area contributed by atoms with Gasteiger partial charge in [0.1, 0.15) is 5.76 Å². The van der Waals surface area contributed by atoms with E-state index in [-0.39, 0.29) is 0 Å². The Labute approximate surface area is 115 Å². The van der Waals surface area contributed by atoms with Crippen molar-refractivity contribution in [2.75, 3.05) is 0 Å². The molecule has 5 nitrogen and oxygen atoms in total. The third kappa shape index (κ3) is 2.83. The minimum atomic E-state index is -0.428. The highest BCUT2D eigenvalue weighted by atomic mass is 16.6. The highest BCUT2D eigenvalue weighted by Gasteiger charge is 2.22. The van der Waals surface area contributed by atoms with Gasteiger partial charge in [0.2, 0.25) is 0 Å². The van der Waals surface area contributed by atoms with Gasteiger partial charge in [0.25, 0.3) is 0 Å². The highest BCUT2D eigenvalue weighted by Crippen LogP contribution is 2.17. The molecule has 0 fully saturated rings. The second kappa shape index (κ2) is 5.52. The first-order valence-corrected chi connectivity index (χ1v) is 6.25. The number of aryl methyl sites for hydroxylation is 1. The van der Waals surface area contributed by atoms with E-state index in [1.54, 1.807) is 30.8 Å². The maximum Gasteiger partial charge on any atom is 0.363 e. The Balaban J connectivity index is 1.70. The molecule has 2 aromatic heterocycles. The molecule has 0 N–H and O–H groups in total. The number of nitrogens with zero attached hydrogens (tertiary/aromatic N) is 2. The van der Waals surface area contributed by atoms with Crippen molar-refractivity contribution in [2.45, 2.75) is 12.8 Å². The van der Waals surface area contributed by atoms with Gasteiger partial charge < -0.3 is 9.15 Å². The van der Waals surface area contributed by atoms with Crippen molar-refractivity contribution in [3.8, 4) is 0 Å². The molecule has 0 saturated carbocycles. The maximum absolute atomic E-state index is 11.7. The van der Waals surface area contributed by atoms with E-state index in [0.29, 0.717) is 24.4 Å². The predicted octanol–water partition coefficient (Wildman–Crippen LogP) is 2.60. The average Bonchev–Trinajstić information content (AvgIpc) is 3.08. The molecule has 0 aromatic carbocycles. The Morgan fingerprint density at radius 3 is 2.90 bits per heavy atom. The number of esters is 1. The molecule has 0 radical (unpaired) electrons. The van der Waals surface area contributed by atoms with Gasteiger partial charge >= 0.3 is 5.97 Å². The first kappa shape index (κ1) is 12.3. The van der Waals surface area contributed by atoms with Crippen LogP contribution in [0.3, 0.4) is 0 Å². The number of ether oxygens (including phenoxy) is 1. The SMILES string of the molecule is O=C1OC(CCc2ccco2)=N/C1=C/c1cccnc1. The number of furan rings is 1. The molecule has 100 valence electrons. The van der Waals surface area contributed by atoms with Gasteiger partial charge in [-0.2, -0.15) is 0 Å². The lowest BCUT2D eigenvalue weighted by Gasteiger charge is -1.96. The van der Waals surface area contributed by atoms with Crippen LogP contribution < -0.4 is 0 Å². The van der Waals surface area contributed by atoms with E-state index >= 15 is 0 Å². The molecule has 2 aromatic rings. The number of carbonyl (C=O) groups is 1. The zero-order valence-electron chi connectivity index (χ0n) is 10.7. The molecule has 3 heterocycles. The molecule has 1 aliphatic heterocycles. The molecular formula is C15H12N2O3. The number of aliphatic imine (C=N–C) groups is 1. The van der Waals surface area contributed by atoms with Crippen LogP contribution in [0, 0.1) is 0 Å². The van der Waals surface area contributed by atoms with Gasteiger partial charge in [-0.1, -0.05) is 6.07 Å². The fourth-order valence-electron chi connectivity index (χ4n) is 1.86. The summed E-state index contributed by atoms with van der Waals surface area (Å²) in [6.45, 7) is 0. The first-order valence-electron chi connectivity index (χ1n) is 6.25. The largest absolute Gasteiger partial charge is 0.469 e. The summed E-state index contributed by atoms with van der Waals surface area (Å²) in [6, 6.07) is 7.35. The van der Waals surface area contributed by atoms with Gasteiger partial charge in [-0.05, 0) is 29.8 Å². The van der Waals surface area contributed by atoms with Crippen molar-refractivity contribution in [3.05, 3.63) is 59.9 Å². The van der Waals surface area contributed by atoms with Gasteiger partial charge in [-0.3, -0.25) is 4.98 Å². The molecule has 3 rings (SSSR count). The third-order valence-corrected chi connectivity index (χ3v) is 2.82. The Hall–Kier alpha value is -2.69. The second-order valence-electron chi connectivity index (χ2n) is 4.29. The molecule has 0 saturated heterocycles. The van der Waals surface area contributed by atoms with E-state index in [1.165, 1.54) is 0 Å². The van der Waals surface area contributed by atoms with Crippen molar-refractivity contribution in [1.82, 2.24) is 4.98 Å². The summed E-state index contributed by atoms with van der Waals surface area (Å²) in [5.41, 5.74) is 1.11. The van der Waals surface area contributed by atoms with E-state index in [4.69, 9.17) is 9.15 Å². The Morgan fingerprint density at radius 1 is 1.20 bits per heavy atom. The van der Waals surface area contributed by atoms with E-state index in [0.717, 1.165) is 11.3 Å². The zero-order valence-corrected chi connectivity index (χ0v) is 10.7. The minimum Gasteiger partial charge on any atom is -0.469 e. The lowest BCUT2D eigenvalue weighted by atomic mass is 10.2. The number of hydrogen-bond acceptors (Lipinski definition) is 5. The minimum absolute atomic E-state index is 0.299. The molecule has 20 heavy (non-hydrogen) atoms. The number of rotatable bonds is 4. The standard InChI is InChI=1S/C15H12N2O3/c18-15-13(9-11-3-1-7-16-10-11)17-14(20-15)6-5-12-4-2-8-19-12/h1-4,7-10H,5-6H2/b13-9+. The quantitative estimate of drug-likeness (QED) is 0.631. The third-order valence-electron chi connectivity index (χ3n) is 2.82. The molecule has 0 spiro atoms. The van der Waals surface area contributed by atoms with E-state index in [1.807, 2.05) is 18.2 Å². The van der Waals surface area contributed by atoms with Crippen molar-refractivity contribution in [2.24, 2.45) is 4.99 Å². The van der Waals surface area contributed by atoms with Gasteiger partial charge in [0, 0.05) is 25.2 Å². The first-order chi connectivity index (χ1) is 9.81. The van der Waals surface area contributed by atoms with Gasteiger partial charge in [0.15, 0.2) is 11.6 Å². The summed E-state index contributed by atoms with van der Waals surface area (Å²) >= 11 is 0. The highest BCUT2D eigenvalue weighted by molar-refractivity contribution is 6.07. The van der Waals surface area contributed by atoms with Crippen LogP contribution >= 0.6 is 0 Å². The predicted molar refractivity (Wildman–Crippen MR) is 72.8 cm³/mol. The molecule has 0 atom stereocenters. The number of aromatic nitrogens is 1.